The highest BCUT2D eigenvalue weighted by atomic mass is 32.2. The zero-order valence-corrected chi connectivity index (χ0v) is 16.6. The van der Waals surface area contributed by atoms with Crippen LogP contribution in [0, 0.1) is 5.92 Å². The third kappa shape index (κ3) is 4.11. The highest BCUT2D eigenvalue weighted by molar-refractivity contribution is 8.00. The van der Waals surface area contributed by atoms with Crippen LogP contribution in [0.1, 0.15) is 40.0 Å². The van der Waals surface area contributed by atoms with Crippen LogP contribution in [0.15, 0.2) is 34.2 Å². The molecule has 0 N–H and O–H groups in total. The van der Waals surface area contributed by atoms with Crippen LogP contribution in [-0.4, -0.2) is 38.7 Å². The van der Waals surface area contributed by atoms with Crippen molar-refractivity contribution in [1.29, 1.82) is 0 Å². The van der Waals surface area contributed by atoms with Gasteiger partial charge in [-0.05, 0) is 44.2 Å². The van der Waals surface area contributed by atoms with Crippen LogP contribution >= 0.6 is 11.8 Å². The average Bonchev–Trinajstić information content (AvgIpc) is 2.64. The number of aromatic nitrogens is 2. The lowest BCUT2D eigenvalue weighted by atomic mass is 10.1. The number of nitrogens with zero attached hydrogens (tertiary/aromatic N) is 3. The predicted molar refractivity (Wildman–Crippen MR) is 107 cm³/mol. The van der Waals surface area contributed by atoms with E-state index in [0.29, 0.717) is 28.5 Å². The van der Waals surface area contributed by atoms with Gasteiger partial charge in [0.1, 0.15) is 0 Å². The molecule has 2 aromatic rings. The number of para-hydroxylation sites is 1. The monoisotopic (exact) mass is 373 g/mol. The van der Waals surface area contributed by atoms with Crippen LogP contribution in [-0.2, 0) is 11.3 Å². The topological polar surface area (TPSA) is 55.2 Å². The minimum absolute atomic E-state index is 0.0237. The molecule has 1 saturated heterocycles. The van der Waals surface area contributed by atoms with E-state index in [4.69, 9.17) is 4.98 Å². The first-order valence-corrected chi connectivity index (χ1v) is 10.3. The summed E-state index contributed by atoms with van der Waals surface area (Å²) in [7, 11) is 0. The molecule has 0 bridgehead atoms. The fourth-order valence-corrected chi connectivity index (χ4v) is 4.35. The van der Waals surface area contributed by atoms with Gasteiger partial charge in [-0.3, -0.25) is 14.2 Å². The maximum atomic E-state index is 13.0. The van der Waals surface area contributed by atoms with E-state index in [9.17, 15) is 9.59 Å². The summed E-state index contributed by atoms with van der Waals surface area (Å²) < 4.78 is 1.73. The standard InChI is InChI=1S/C20H27N3O2S/c1-14(2)13-23-19(25)16-9-5-6-10-17(16)21-20(23)26-15(3)18(24)22-11-7-4-8-12-22/h5-6,9-10,14-15H,4,7-8,11-13H2,1-3H3/t15-/m0/s1. The Kier molecular flexibility index (Phi) is 6.01. The second kappa shape index (κ2) is 8.25. The molecule has 1 aromatic carbocycles. The first-order chi connectivity index (χ1) is 12.5. The van der Waals surface area contributed by atoms with Crippen LogP contribution in [0.5, 0.6) is 0 Å². The van der Waals surface area contributed by atoms with Crippen molar-refractivity contribution >= 4 is 28.6 Å². The van der Waals surface area contributed by atoms with E-state index >= 15 is 0 Å². The van der Waals surface area contributed by atoms with Crippen molar-refractivity contribution in [3.8, 4) is 0 Å². The Bertz CT molecular complexity index is 841. The number of thioether (sulfide) groups is 1. The fourth-order valence-electron chi connectivity index (χ4n) is 3.34. The average molecular weight is 374 g/mol. The molecule has 140 valence electrons. The van der Waals surface area contributed by atoms with Crippen molar-refractivity contribution < 1.29 is 4.79 Å². The Labute approximate surface area is 158 Å². The molecule has 0 aliphatic carbocycles. The second-order valence-corrected chi connectivity index (χ2v) is 8.68. The number of fused-ring (bicyclic) bond motifs is 1. The Balaban J connectivity index is 1.92. The molecule has 26 heavy (non-hydrogen) atoms. The van der Waals surface area contributed by atoms with Gasteiger partial charge in [-0.1, -0.05) is 37.7 Å². The van der Waals surface area contributed by atoms with Crippen LogP contribution in [0.25, 0.3) is 10.9 Å². The summed E-state index contributed by atoms with van der Waals surface area (Å²) in [4.78, 5) is 32.4. The summed E-state index contributed by atoms with van der Waals surface area (Å²) in [5, 5.41) is 1.02. The molecule has 0 radical (unpaired) electrons. The predicted octanol–water partition coefficient (Wildman–Crippen LogP) is 3.55. The largest absolute Gasteiger partial charge is 0.342 e. The molecule has 0 saturated carbocycles. The van der Waals surface area contributed by atoms with Crippen molar-refractivity contribution in [2.24, 2.45) is 5.92 Å². The third-order valence-corrected chi connectivity index (χ3v) is 5.75. The van der Waals surface area contributed by atoms with Gasteiger partial charge in [0.15, 0.2) is 5.16 Å². The maximum Gasteiger partial charge on any atom is 0.262 e. The second-order valence-electron chi connectivity index (χ2n) is 7.37. The van der Waals surface area contributed by atoms with Crippen molar-refractivity contribution in [3.63, 3.8) is 0 Å². The highest BCUT2D eigenvalue weighted by Gasteiger charge is 2.25. The molecule has 0 unspecified atom stereocenters. The summed E-state index contributed by atoms with van der Waals surface area (Å²) in [6.07, 6.45) is 3.36. The van der Waals surface area contributed by atoms with E-state index < -0.39 is 0 Å². The normalized spacial score (nSPS) is 16.2. The molecule has 1 aliphatic heterocycles. The Morgan fingerprint density at radius 3 is 2.54 bits per heavy atom. The summed E-state index contributed by atoms with van der Waals surface area (Å²) in [6, 6.07) is 7.43. The van der Waals surface area contributed by atoms with E-state index in [1.54, 1.807) is 4.57 Å². The van der Waals surface area contributed by atoms with Gasteiger partial charge in [0.2, 0.25) is 5.91 Å². The smallest absolute Gasteiger partial charge is 0.262 e. The molecule has 6 heteroatoms. The summed E-state index contributed by atoms with van der Waals surface area (Å²) >= 11 is 1.40. The molecule has 1 aliphatic rings. The van der Waals surface area contributed by atoms with Crippen molar-refractivity contribution in [2.75, 3.05) is 13.1 Å². The summed E-state index contributed by atoms with van der Waals surface area (Å²) in [5.41, 5.74) is 0.669. The zero-order chi connectivity index (χ0) is 18.7. The van der Waals surface area contributed by atoms with Gasteiger partial charge in [-0.25, -0.2) is 4.98 Å². The Hall–Kier alpha value is -1.82. The van der Waals surface area contributed by atoms with Gasteiger partial charge in [0.25, 0.3) is 5.56 Å². The lowest BCUT2D eigenvalue weighted by Crippen LogP contribution is -2.40. The molecule has 1 amide bonds. The van der Waals surface area contributed by atoms with Crippen molar-refractivity contribution in [2.45, 2.75) is 57.0 Å². The van der Waals surface area contributed by atoms with Crippen LogP contribution < -0.4 is 5.56 Å². The number of hydrogen-bond donors (Lipinski definition) is 0. The first kappa shape index (κ1) is 19.0. The SMILES string of the molecule is CC(C)Cn1c(S[C@@H](C)C(=O)N2CCCCC2)nc2ccccc2c1=O. The number of amides is 1. The molecule has 0 spiro atoms. The van der Waals surface area contributed by atoms with E-state index in [2.05, 4.69) is 13.8 Å². The lowest BCUT2D eigenvalue weighted by molar-refractivity contribution is -0.131. The number of benzene rings is 1. The summed E-state index contributed by atoms with van der Waals surface area (Å²) in [6.45, 7) is 8.37. The third-order valence-electron chi connectivity index (χ3n) is 4.67. The molecular weight excluding hydrogens is 346 g/mol. The fraction of sp³-hybridized carbons (Fsp3) is 0.550. The highest BCUT2D eigenvalue weighted by Crippen LogP contribution is 2.25. The Morgan fingerprint density at radius 1 is 1.15 bits per heavy atom. The van der Waals surface area contributed by atoms with E-state index in [-0.39, 0.29) is 16.7 Å². The van der Waals surface area contributed by atoms with Crippen LogP contribution in [0.4, 0.5) is 0 Å². The molecular formula is C20H27N3O2S. The lowest BCUT2D eigenvalue weighted by Gasteiger charge is -2.29. The van der Waals surface area contributed by atoms with Crippen LogP contribution in [0.2, 0.25) is 0 Å². The number of carbonyl (C=O) groups is 1. The minimum atomic E-state index is -0.250. The van der Waals surface area contributed by atoms with E-state index in [0.717, 1.165) is 25.9 Å². The van der Waals surface area contributed by atoms with Crippen molar-refractivity contribution in [1.82, 2.24) is 14.5 Å². The molecule has 1 fully saturated rings. The molecule has 5 nitrogen and oxygen atoms in total. The van der Waals surface area contributed by atoms with Gasteiger partial charge >= 0.3 is 0 Å². The first-order valence-electron chi connectivity index (χ1n) is 9.42. The quantitative estimate of drug-likeness (QED) is 0.594. The number of likely N-dealkylation sites (tertiary alicyclic amines) is 1. The number of piperidine rings is 1. The summed E-state index contributed by atoms with van der Waals surface area (Å²) in [5.74, 6) is 0.469. The zero-order valence-electron chi connectivity index (χ0n) is 15.8. The van der Waals surface area contributed by atoms with Gasteiger partial charge in [0, 0.05) is 19.6 Å². The molecule has 3 rings (SSSR count). The van der Waals surface area contributed by atoms with E-state index in [1.165, 1.54) is 18.2 Å². The van der Waals surface area contributed by atoms with Gasteiger partial charge in [0.05, 0.1) is 16.2 Å². The van der Waals surface area contributed by atoms with Crippen molar-refractivity contribution in [3.05, 3.63) is 34.6 Å². The Morgan fingerprint density at radius 2 is 1.85 bits per heavy atom. The van der Waals surface area contributed by atoms with Gasteiger partial charge < -0.3 is 4.90 Å². The van der Waals surface area contributed by atoms with Gasteiger partial charge in [-0.2, -0.15) is 0 Å². The number of hydrogen-bond acceptors (Lipinski definition) is 4. The van der Waals surface area contributed by atoms with Gasteiger partial charge in [-0.15, -0.1) is 0 Å². The number of carbonyl (C=O) groups excluding carboxylic acids is 1. The molecule has 2 heterocycles. The maximum absolute atomic E-state index is 13.0. The minimum Gasteiger partial charge on any atom is -0.342 e. The van der Waals surface area contributed by atoms with E-state index in [1.807, 2.05) is 36.1 Å². The van der Waals surface area contributed by atoms with Crippen LogP contribution in [0.3, 0.4) is 0 Å². The number of rotatable bonds is 5. The molecule has 1 aromatic heterocycles. The molecule has 1 atom stereocenters.